The largest absolute Gasteiger partial charge is 0.396 e. The van der Waals surface area contributed by atoms with Crippen molar-refractivity contribution in [1.29, 1.82) is 0 Å². The van der Waals surface area contributed by atoms with Crippen LogP contribution in [-0.4, -0.2) is 31.0 Å². The van der Waals surface area contributed by atoms with Gasteiger partial charge in [0.2, 0.25) is 0 Å². The number of benzene rings is 1. The minimum absolute atomic E-state index is 0.0830. The summed E-state index contributed by atoms with van der Waals surface area (Å²) >= 11 is 3.26. The SMILES string of the molecule is COCC(C)(CCO)NCc1cc(F)cc(Br)c1. The Kier molecular flexibility index (Phi) is 6.21. The molecule has 102 valence electrons. The first-order valence-electron chi connectivity index (χ1n) is 5.79. The third-order valence-corrected chi connectivity index (χ3v) is 3.23. The molecule has 0 aliphatic heterocycles. The predicted molar refractivity (Wildman–Crippen MR) is 72.9 cm³/mol. The number of aliphatic hydroxyl groups excluding tert-OH is 1. The van der Waals surface area contributed by atoms with E-state index in [2.05, 4.69) is 21.2 Å². The lowest BCUT2D eigenvalue weighted by Gasteiger charge is -2.29. The second-order valence-corrected chi connectivity index (χ2v) is 5.51. The zero-order valence-electron chi connectivity index (χ0n) is 10.7. The van der Waals surface area contributed by atoms with Crippen molar-refractivity contribution in [3.05, 3.63) is 34.1 Å². The van der Waals surface area contributed by atoms with Gasteiger partial charge in [0.1, 0.15) is 5.82 Å². The molecule has 18 heavy (non-hydrogen) atoms. The zero-order chi connectivity index (χ0) is 13.6. The second kappa shape index (κ2) is 7.19. The molecule has 1 aromatic carbocycles. The molecule has 1 unspecified atom stereocenters. The molecule has 0 heterocycles. The third-order valence-electron chi connectivity index (χ3n) is 2.77. The highest BCUT2D eigenvalue weighted by atomic mass is 79.9. The number of rotatable bonds is 7. The van der Waals surface area contributed by atoms with Crippen LogP contribution in [0.3, 0.4) is 0 Å². The zero-order valence-corrected chi connectivity index (χ0v) is 12.3. The van der Waals surface area contributed by atoms with Crippen molar-refractivity contribution in [2.45, 2.75) is 25.4 Å². The topological polar surface area (TPSA) is 41.5 Å². The maximum Gasteiger partial charge on any atom is 0.124 e. The lowest BCUT2D eigenvalue weighted by atomic mass is 9.99. The fraction of sp³-hybridized carbons (Fsp3) is 0.538. The summed E-state index contributed by atoms with van der Waals surface area (Å²) in [4.78, 5) is 0. The molecular weight excluding hydrogens is 301 g/mol. The minimum Gasteiger partial charge on any atom is -0.396 e. The first-order chi connectivity index (χ1) is 8.49. The number of nitrogens with one attached hydrogen (secondary N) is 1. The van der Waals surface area contributed by atoms with Crippen molar-refractivity contribution < 1.29 is 14.2 Å². The van der Waals surface area contributed by atoms with Crippen molar-refractivity contribution in [2.75, 3.05) is 20.3 Å². The predicted octanol–water partition coefficient (Wildman–Crippen LogP) is 2.47. The molecule has 1 atom stereocenters. The molecule has 0 spiro atoms. The van der Waals surface area contributed by atoms with Crippen LogP contribution in [0.15, 0.2) is 22.7 Å². The van der Waals surface area contributed by atoms with Gasteiger partial charge in [-0.25, -0.2) is 4.39 Å². The van der Waals surface area contributed by atoms with Crippen molar-refractivity contribution in [3.8, 4) is 0 Å². The summed E-state index contributed by atoms with van der Waals surface area (Å²) in [6.45, 7) is 3.07. The molecule has 0 saturated carbocycles. The van der Waals surface area contributed by atoms with Gasteiger partial charge >= 0.3 is 0 Å². The molecule has 0 aliphatic rings. The third kappa shape index (κ3) is 5.02. The van der Waals surface area contributed by atoms with E-state index in [1.807, 2.05) is 13.0 Å². The van der Waals surface area contributed by atoms with Gasteiger partial charge in [0.15, 0.2) is 0 Å². The van der Waals surface area contributed by atoms with E-state index in [0.29, 0.717) is 19.6 Å². The summed E-state index contributed by atoms with van der Waals surface area (Å²) in [5.74, 6) is -0.267. The maximum atomic E-state index is 13.2. The molecule has 1 aromatic rings. The van der Waals surface area contributed by atoms with Crippen LogP contribution >= 0.6 is 15.9 Å². The van der Waals surface area contributed by atoms with Crippen LogP contribution in [0, 0.1) is 5.82 Å². The number of methoxy groups -OCH3 is 1. The van der Waals surface area contributed by atoms with E-state index in [-0.39, 0.29) is 18.0 Å². The maximum absolute atomic E-state index is 13.2. The summed E-state index contributed by atoms with van der Waals surface area (Å²) in [7, 11) is 1.62. The quantitative estimate of drug-likeness (QED) is 0.811. The van der Waals surface area contributed by atoms with Gasteiger partial charge in [-0.2, -0.15) is 0 Å². The lowest BCUT2D eigenvalue weighted by molar-refractivity contribution is 0.0969. The van der Waals surface area contributed by atoms with Crippen LogP contribution in [0.1, 0.15) is 18.9 Å². The molecule has 0 bridgehead atoms. The van der Waals surface area contributed by atoms with E-state index in [9.17, 15) is 4.39 Å². The highest BCUT2D eigenvalue weighted by Crippen LogP contribution is 2.16. The van der Waals surface area contributed by atoms with Gasteiger partial charge < -0.3 is 15.2 Å². The van der Waals surface area contributed by atoms with E-state index < -0.39 is 0 Å². The highest BCUT2D eigenvalue weighted by molar-refractivity contribution is 9.10. The fourth-order valence-electron chi connectivity index (χ4n) is 1.81. The van der Waals surface area contributed by atoms with Gasteiger partial charge in [0.25, 0.3) is 0 Å². The van der Waals surface area contributed by atoms with Gasteiger partial charge in [-0.05, 0) is 37.1 Å². The van der Waals surface area contributed by atoms with Crippen LogP contribution in [0.4, 0.5) is 4.39 Å². The van der Waals surface area contributed by atoms with Gasteiger partial charge in [-0.15, -0.1) is 0 Å². The number of hydrogen-bond donors (Lipinski definition) is 2. The molecule has 1 rings (SSSR count). The van der Waals surface area contributed by atoms with Crippen molar-refractivity contribution in [2.24, 2.45) is 0 Å². The Morgan fingerprint density at radius 3 is 2.72 bits per heavy atom. The average molecular weight is 320 g/mol. The summed E-state index contributed by atoms with van der Waals surface area (Å²) in [5.41, 5.74) is 0.532. The van der Waals surface area contributed by atoms with Gasteiger partial charge in [-0.1, -0.05) is 15.9 Å². The molecular formula is C13H19BrFNO2. The number of ether oxygens (including phenoxy) is 1. The van der Waals surface area contributed by atoms with Crippen molar-refractivity contribution in [1.82, 2.24) is 5.32 Å². The smallest absolute Gasteiger partial charge is 0.124 e. The molecule has 0 aliphatic carbocycles. The van der Waals surface area contributed by atoms with Crippen LogP contribution in [0.5, 0.6) is 0 Å². The summed E-state index contributed by atoms with van der Waals surface area (Å²) < 4.78 is 19.1. The van der Waals surface area contributed by atoms with Gasteiger partial charge in [0, 0.05) is 30.3 Å². The average Bonchev–Trinajstić information content (AvgIpc) is 2.26. The second-order valence-electron chi connectivity index (χ2n) is 4.60. The van der Waals surface area contributed by atoms with E-state index in [0.717, 1.165) is 10.0 Å². The van der Waals surface area contributed by atoms with Gasteiger partial charge in [0.05, 0.1) is 6.61 Å². The van der Waals surface area contributed by atoms with Crippen LogP contribution in [-0.2, 0) is 11.3 Å². The number of aliphatic hydroxyl groups is 1. The molecule has 0 radical (unpaired) electrons. The van der Waals surface area contributed by atoms with Crippen LogP contribution < -0.4 is 5.32 Å². The van der Waals surface area contributed by atoms with Gasteiger partial charge in [-0.3, -0.25) is 0 Å². The summed E-state index contributed by atoms with van der Waals surface area (Å²) in [5, 5.41) is 12.3. The molecule has 0 fully saturated rings. The summed E-state index contributed by atoms with van der Waals surface area (Å²) in [6.07, 6.45) is 0.581. The lowest BCUT2D eigenvalue weighted by Crippen LogP contribution is -2.46. The Hall–Kier alpha value is -0.490. The van der Waals surface area contributed by atoms with E-state index >= 15 is 0 Å². The number of hydrogen-bond acceptors (Lipinski definition) is 3. The summed E-state index contributed by atoms with van der Waals surface area (Å²) in [6, 6.07) is 4.78. The molecule has 5 heteroatoms. The van der Waals surface area contributed by atoms with E-state index in [1.54, 1.807) is 7.11 Å². The standard InChI is InChI=1S/C13H19BrFNO2/c1-13(3-4-17,9-18-2)16-8-10-5-11(14)7-12(15)6-10/h5-7,16-17H,3-4,8-9H2,1-2H3. The Morgan fingerprint density at radius 2 is 2.17 bits per heavy atom. The Labute approximate surface area is 115 Å². The first kappa shape index (κ1) is 15.6. The van der Waals surface area contributed by atoms with E-state index in [4.69, 9.17) is 9.84 Å². The molecule has 0 aromatic heterocycles. The highest BCUT2D eigenvalue weighted by Gasteiger charge is 2.22. The fourth-order valence-corrected chi connectivity index (χ4v) is 2.32. The Morgan fingerprint density at radius 1 is 1.44 bits per heavy atom. The Bertz CT molecular complexity index is 361. The Balaban J connectivity index is 2.66. The van der Waals surface area contributed by atoms with E-state index in [1.165, 1.54) is 12.1 Å². The van der Waals surface area contributed by atoms with Crippen molar-refractivity contribution >= 4 is 15.9 Å². The first-order valence-corrected chi connectivity index (χ1v) is 6.58. The molecule has 2 N–H and O–H groups in total. The molecule has 3 nitrogen and oxygen atoms in total. The van der Waals surface area contributed by atoms with Crippen LogP contribution in [0.25, 0.3) is 0 Å². The van der Waals surface area contributed by atoms with Crippen molar-refractivity contribution in [3.63, 3.8) is 0 Å². The normalized spacial score (nSPS) is 14.5. The number of halogens is 2. The monoisotopic (exact) mass is 319 g/mol. The van der Waals surface area contributed by atoms with Crippen LogP contribution in [0.2, 0.25) is 0 Å². The molecule has 0 saturated heterocycles. The molecule has 0 amide bonds. The minimum atomic E-state index is -0.317.